The maximum absolute atomic E-state index is 14.6. The van der Waals surface area contributed by atoms with Crippen LogP contribution < -0.4 is 15.5 Å². The van der Waals surface area contributed by atoms with Gasteiger partial charge < -0.3 is 15.5 Å². The van der Waals surface area contributed by atoms with E-state index >= 15 is 0 Å². The number of benzene rings is 2. The lowest BCUT2D eigenvalue weighted by Crippen LogP contribution is -2.24. The Labute approximate surface area is 152 Å². The van der Waals surface area contributed by atoms with Gasteiger partial charge in [-0.25, -0.2) is 4.39 Å². The van der Waals surface area contributed by atoms with Gasteiger partial charge in [-0.05, 0) is 37.1 Å². The van der Waals surface area contributed by atoms with Gasteiger partial charge in [-0.3, -0.25) is 4.79 Å². The normalized spacial score (nSPS) is 18.4. The summed E-state index contributed by atoms with van der Waals surface area (Å²) >= 11 is 0. The van der Waals surface area contributed by atoms with E-state index in [2.05, 4.69) is 15.5 Å². The fourth-order valence-corrected chi connectivity index (χ4v) is 3.60. The number of nitrogens with zero attached hydrogens (tertiary/aromatic N) is 1. The van der Waals surface area contributed by atoms with Gasteiger partial charge in [0.2, 0.25) is 0 Å². The predicted molar refractivity (Wildman–Crippen MR) is 104 cm³/mol. The molecule has 2 heterocycles. The summed E-state index contributed by atoms with van der Waals surface area (Å²) < 4.78 is 14.6. The van der Waals surface area contributed by atoms with E-state index in [1.54, 1.807) is 6.20 Å². The van der Waals surface area contributed by atoms with Crippen molar-refractivity contribution in [3.05, 3.63) is 60.0 Å². The van der Waals surface area contributed by atoms with Crippen LogP contribution in [0.2, 0.25) is 0 Å². The molecular weight excluding hydrogens is 329 g/mol. The first-order chi connectivity index (χ1) is 12.7. The molecular formula is C21H22FN3O. The molecule has 0 saturated carbocycles. The Kier molecular flexibility index (Phi) is 4.61. The van der Waals surface area contributed by atoms with Crippen molar-refractivity contribution in [1.29, 1.82) is 0 Å². The van der Waals surface area contributed by atoms with Crippen molar-refractivity contribution in [2.75, 3.05) is 28.6 Å². The van der Waals surface area contributed by atoms with Crippen LogP contribution in [0.15, 0.2) is 48.7 Å². The molecule has 0 unspecified atom stereocenters. The molecule has 0 spiro atoms. The summed E-state index contributed by atoms with van der Waals surface area (Å²) in [4.78, 5) is 14.2. The summed E-state index contributed by atoms with van der Waals surface area (Å²) in [5, 5.41) is 5.89. The largest absolute Gasteiger partial charge is 0.369 e. The van der Waals surface area contributed by atoms with E-state index in [1.807, 2.05) is 36.4 Å². The second kappa shape index (κ2) is 7.20. The van der Waals surface area contributed by atoms with Gasteiger partial charge in [0.15, 0.2) is 0 Å². The molecule has 26 heavy (non-hydrogen) atoms. The lowest BCUT2D eigenvalue weighted by molar-refractivity contribution is -0.110. The molecule has 0 atom stereocenters. The van der Waals surface area contributed by atoms with Gasteiger partial charge in [0, 0.05) is 36.2 Å². The number of rotatable bonds is 3. The first kappa shape index (κ1) is 16.6. The number of halogens is 1. The number of nitrogens with one attached hydrogen (secondary N) is 2. The van der Waals surface area contributed by atoms with Gasteiger partial charge in [0.05, 0.1) is 11.3 Å². The average Bonchev–Trinajstić information content (AvgIpc) is 2.81. The minimum absolute atomic E-state index is 0.152. The van der Waals surface area contributed by atoms with Crippen molar-refractivity contribution in [3.8, 4) is 0 Å². The van der Waals surface area contributed by atoms with Crippen molar-refractivity contribution >= 4 is 28.5 Å². The van der Waals surface area contributed by atoms with Gasteiger partial charge >= 0.3 is 0 Å². The van der Waals surface area contributed by atoms with E-state index in [0.29, 0.717) is 16.9 Å². The van der Waals surface area contributed by atoms with E-state index in [9.17, 15) is 9.18 Å². The third-order valence-corrected chi connectivity index (χ3v) is 4.99. The second-order valence-electron chi connectivity index (χ2n) is 6.77. The molecule has 4 rings (SSSR count). The maximum Gasteiger partial charge on any atom is 0.257 e. The lowest BCUT2D eigenvalue weighted by Gasteiger charge is -2.23. The summed E-state index contributed by atoms with van der Waals surface area (Å²) in [5.41, 5.74) is 3.50. The average molecular weight is 351 g/mol. The Morgan fingerprint density at radius 2 is 1.81 bits per heavy atom. The molecule has 0 aliphatic carbocycles. The van der Waals surface area contributed by atoms with Gasteiger partial charge in [-0.15, -0.1) is 0 Å². The number of fused-ring (bicyclic) bond motifs is 1. The van der Waals surface area contributed by atoms with Crippen LogP contribution in [0.3, 0.4) is 0 Å². The van der Waals surface area contributed by atoms with Crippen molar-refractivity contribution < 1.29 is 9.18 Å². The Hall–Kier alpha value is -2.82. The highest BCUT2D eigenvalue weighted by Gasteiger charge is 2.23. The number of anilines is 3. The zero-order valence-electron chi connectivity index (χ0n) is 14.6. The van der Waals surface area contributed by atoms with Crippen LogP contribution in [-0.4, -0.2) is 19.0 Å². The van der Waals surface area contributed by atoms with Crippen LogP contribution in [0, 0.1) is 5.82 Å². The molecule has 2 aromatic rings. The van der Waals surface area contributed by atoms with Crippen LogP contribution >= 0.6 is 0 Å². The number of hydrogen-bond acceptors (Lipinski definition) is 3. The quantitative estimate of drug-likeness (QED) is 0.794. The summed E-state index contributed by atoms with van der Waals surface area (Å²) in [6, 6.07) is 12.7. The number of carbonyl (C=O) groups is 1. The number of amides is 1. The predicted octanol–water partition coefficient (Wildman–Crippen LogP) is 4.61. The molecule has 2 aliphatic heterocycles. The molecule has 1 amide bonds. The molecule has 1 saturated heterocycles. The van der Waals surface area contributed by atoms with E-state index < -0.39 is 0 Å². The molecule has 2 N–H and O–H groups in total. The van der Waals surface area contributed by atoms with E-state index in [4.69, 9.17) is 0 Å². The minimum atomic E-state index is -0.230. The monoisotopic (exact) mass is 351 g/mol. The van der Waals surface area contributed by atoms with Crippen molar-refractivity contribution in [2.45, 2.75) is 25.7 Å². The SMILES string of the molecule is O=C1Nc2ccccc2/C1=C\Nc1ccc(N2CCCCCC2)c(F)c1. The molecule has 1 fully saturated rings. The standard InChI is InChI=1S/C21H22FN3O/c22-18-13-15(9-10-20(18)25-11-5-1-2-6-12-25)23-14-17-16-7-3-4-8-19(16)24-21(17)26/h3-4,7-10,13-14,23H,1-2,5-6,11-12H2,(H,24,26)/b17-14+. The molecule has 2 aromatic carbocycles. The Morgan fingerprint density at radius 1 is 1.04 bits per heavy atom. The van der Waals surface area contributed by atoms with E-state index in [0.717, 1.165) is 37.2 Å². The second-order valence-corrected chi connectivity index (χ2v) is 6.77. The highest BCUT2D eigenvalue weighted by atomic mass is 19.1. The molecule has 2 aliphatic rings. The zero-order chi connectivity index (χ0) is 17.9. The summed E-state index contributed by atoms with van der Waals surface area (Å²) in [6.45, 7) is 1.81. The first-order valence-electron chi connectivity index (χ1n) is 9.14. The minimum Gasteiger partial charge on any atom is -0.369 e. The number of para-hydroxylation sites is 1. The van der Waals surface area contributed by atoms with Gasteiger partial charge in [0.25, 0.3) is 5.91 Å². The molecule has 5 heteroatoms. The Morgan fingerprint density at radius 3 is 2.58 bits per heavy atom. The first-order valence-corrected chi connectivity index (χ1v) is 9.14. The Balaban J connectivity index is 1.52. The van der Waals surface area contributed by atoms with Crippen LogP contribution in [-0.2, 0) is 4.79 Å². The molecule has 134 valence electrons. The number of carbonyl (C=O) groups excluding carboxylic acids is 1. The molecule has 0 bridgehead atoms. The van der Waals surface area contributed by atoms with E-state index in [1.165, 1.54) is 18.9 Å². The summed E-state index contributed by atoms with van der Waals surface area (Å²) in [7, 11) is 0. The third-order valence-electron chi connectivity index (χ3n) is 4.99. The van der Waals surface area contributed by atoms with Crippen LogP contribution in [0.25, 0.3) is 5.57 Å². The van der Waals surface area contributed by atoms with Gasteiger partial charge in [-0.1, -0.05) is 31.0 Å². The van der Waals surface area contributed by atoms with Crippen molar-refractivity contribution in [1.82, 2.24) is 0 Å². The summed E-state index contributed by atoms with van der Waals surface area (Å²) in [6.07, 6.45) is 6.30. The third kappa shape index (κ3) is 3.29. The highest BCUT2D eigenvalue weighted by Crippen LogP contribution is 2.31. The van der Waals surface area contributed by atoms with Crippen molar-refractivity contribution in [3.63, 3.8) is 0 Å². The number of hydrogen-bond donors (Lipinski definition) is 2. The van der Waals surface area contributed by atoms with Gasteiger partial charge in [0.1, 0.15) is 5.82 Å². The summed E-state index contributed by atoms with van der Waals surface area (Å²) in [5.74, 6) is -0.382. The Bertz CT molecular complexity index is 854. The van der Waals surface area contributed by atoms with Crippen LogP contribution in [0.4, 0.5) is 21.5 Å². The van der Waals surface area contributed by atoms with E-state index in [-0.39, 0.29) is 11.7 Å². The topological polar surface area (TPSA) is 44.4 Å². The zero-order valence-corrected chi connectivity index (χ0v) is 14.6. The lowest BCUT2D eigenvalue weighted by atomic mass is 10.1. The van der Waals surface area contributed by atoms with Crippen LogP contribution in [0.5, 0.6) is 0 Å². The molecule has 0 radical (unpaired) electrons. The smallest absolute Gasteiger partial charge is 0.257 e. The fourth-order valence-electron chi connectivity index (χ4n) is 3.60. The highest BCUT2D eigenvalue weighted by molar-refractivity contribution is 6.31. The maximum atomic E-state index is 14.6. The fraction of sp³-hybridized carbons (Fsp3) is 0.286. The molecule has 4 nitrogen and oxygen atoms in total. The van der Waals surface area contributed by atoms with Crippen molar-refractivity contribution in [2.24, 2.45) is 0 Å². The molecule has 0 aromatic heterocycles. The van der Waals surface area contributed by atoms with Gasteiger partial charge in [-0.2, -0.15) is 0 Å². The van der Waals surface area contributed by atoms with Crippen LogP contribution in [0.1, 0.15) is 31.2 Å².